The maximum absolute atomic E-state index is 12.4. The van der Waals surface area contributed by atoms with Crippen LogP contribution >= 0.6 is 27.5 Å². The van der Waals surface area contributed by atoms with E-state index >= 15 is 0 Å². The second-order valence-corrected chi connectivity index (χ2v) is 6.18. The van der Waals surface area contributed by atoms with Gasteiger partial charge in [-0.25, -0.2) is 0 Å². The van der Waals surface area contributed by atoms with Gasteiger partial charge in [-0.2, -0.15) is 0 Å². The first kappa shape index (κ1) is 13.7. The van der Waals surface area contributed by atoms with Crippen LogP contribution in [0.5, 0.6) is 5.75 Å². The SMILES string of the molecule is O=C(c1ccc(OC2CC2)cc1)c1cc(Cl)cc(Br)c1. The zero-order valence-electron chi connectivity index (χ0n) is 10.6. The molecule has 1 aliphatic rings. The molecule has 2 nitrogen and oxygen atoms in total. The maximum atomic E-state index is 12.4. The van der Waals surface area contributed by atoms with Crippen molar-refractivity contribution in [3.8, 4) is 5.75 Å². The minimum atomic E-state index is -0.0498. The van der Waals surface area contributed by atoms with E-state index in [1.165, 1.54) is 0 Å². The van der Waals surface area contributed by atoms with Crippen LogP contribution in [0.1, 0.15) is 28.8 Å². The van der Waals surface area contributed by atoms with Crippen LogP contribution in [-0.4, -0.2) is 11.9 Å². The van der Waals surface area contributed by atoms with Gasteiger partial charge < -0.3 is 4.74 Å². The first-order valence-corrected chi connectivity index (χ1v) is 7.56. The van der Waals surface area contributed by atoms with Crippen LogP contribution in [0.3, 0.4) is 0 Å². The zero-order chi connectivity index (χ0) is 14.1. The smallest absolute Gasteiger partial charge is 0.193 e. The van der Waals surface area contributed by atoms with Gasteiger partial charge in [0.1, 0.15) is 5.75 Å². The van der Waals surface area contributed by atoms with E-state index in [0.717, 1.165) is 23.1 Å². The number of ketones is 1. The van der Waals surface area contributed by atoms with Gasteiger partial charge in [0.25, 0.3) is 0 Å². The van der Waals surface area contributed by atoms with Gasteiger partial charge in [0.05, 0.1) is 6.10 Å². The Kier molecular flexibility index (Phi) is 3.81. The summed E-state index contributed by atoms with van der Waals surface area (Å²) in [7, 11) is 0. The van der Waals surface area contributed by atoms with Gasteiger partial charge in [-0.05, 0) is 55.3 Å². The Bertz CT molecular complexity index is 628. The van der Waals surface area contributed by atoms with Gasteiger partial charge in [0.15, 0.2) is 5.78 Å². The van der Waals surface area contributed by atoms with E-state index in [4.69, 9.17) is 16.3 Å². The molecule has 0 saturated heterocycles. The van der Waals surface area contributed by atoms with Crippen molar-refractivity contribution in [2.75, 3.05) is 0 Å². The normalized spacial score (nSPS) is 14.1. The van der Waals surface area contributed by atoms with Crippen LogP contribution in [0.25, 0.3) is 0 Å². The molecule has 0 amide bonds. The third-order valence-corrected chi connectivity index (χ3v) is 3.74. The molecule has 102 valence electrons. The summed E-state index contributed by atoms with van der Waals surface area (Å²) in [5.74, 6) is 0.766. The molecule has 0 atom stereocenters. The highest BCUT2D eigenvalue weighted by Gasteiger charge is 2.23. The lowest BCUT2D eigenvalue weighted by atomic mass is 10.0. The molecule has 0 spiro atoms. The fraction of sp³-hybridized carbons (Fsp3) is 0.188. The summed E-state index contributed by atoms with van der Waals surface area (Å²) < 4.78 is 6.46. The van der Waals surface area contributed by atoms with Crippen LogP contribution < -0.4 is 4.74 Å². The molecule has 0 aromatic heterocycles. The second kappa shape index (κ2) is 5.58. The minimum Gasteiger partial charge on any atom is -0.490 e. The highest BCUT2D eigenvalue weighted by Crippen LogP contribution is 2.27. The molecule has 20 heavy (non-hydrogen) atoms. The van der Waals surface area contributed by atoms with Crippen LogP contribution in [0.15, 0.2) is 46.9 Å². The van der Waals surface area contributed by atoms with Gasteiger partial charge in [-0.3, -0.25) is 4.79 Å². The van der Waals surface area contributed by atoms with Crippen molar-refractivity contribution < 1.29 is 9.53 Å². The topological polar surface area (TPSA) is 26.3 Å². The standard InChI is InChI=1S/C16H12BrClO2/c17-12-7-11(8-13(18)9-12)16(19)10-1-3-14(4-2-10)20-15-5-6-15/h1-4,7-9,15H,5-6H2. The predicted octanol–water partition coefficient (Wildman–Crippen LogP) is 4.87. The summed E-state index contributed by atoms with van der Waals surface area (Å²) >= 11 is 9.31. The molecule has 1 saturated carbocycles. The van der Waals surface area contributed by atoms with Crippen molar-refractivity contribution in [1.29, 1.82) is 0 Å². The van der Waals surface area contributed by atoms with E-state index in [1.807, 2.05) is 12.1 Å². The number of benzene rings is 2. The number of carbonyl (C=O) groups is 1. The molecular formula is C16H12BrClO2. The number of carbonyl (C=O) groups excluding carboxylic acids is 1. The quantitative estimate of drug-likeness (QED) is 0.734. The Labute approximate surface area is 130 Å². The average molecular weight is 352 g/mol. The lowest BCUT2D eigenvalue weighted by Crippen LogP contribution is -2.02. The molecule has 2 aromatic rings. The van der Waals surface area contributed by atoms with Crippen LogP contribution in [0, 0.1) is 0 Å². The summed E-state index contributed by atoms with van der Waals surface area (Å²) in [6.45, 7) is 0. The summed E-state index contributed by atoms with van der Waals surface area (Å²) in [6, 6.07) is 12.4. The molecule has 0 heterocycles. The number of ether oxygens (including phenoxy) is 1. The van der Waals surface area contributed by atoms with Gasteiger partial charge in [-0.15, -0.1) is 0 Å². The van der Waals surface area contributed by atoms with Gasteiger partial charge in [0.2, 0.25) is 0 Å². The van der Waals surface area contributed by atoms with Crippen molar-refractivity contribution in [2.45, 2.75) is 18.9 Å². The first-order chi connectivity index (χ1) is 9.61. The van der Waals surface area contributed by atoms with E-state index in [0.29, 0.717) is 22.3 Å². The Morgan fingerprint density at radius 1 is 1.10 bits per heavy atom. The molecule has 1 aliphatic carbocycles. The molecule has 0 radical (unpaired) electrons. The van der Waals surface area contributed by atoms with Gasteiger partial charge >= 0.3 is 0 Å². The summed E-state index contributed by atoms with van der Waals surface area (Å²) in [4.78, 5) is 12.4. The highest BCUT2D eigenvalue weighted by molar-refractivity contribution is 9.10. The maximum Gasteiger partial charge on any atom is 0.193 e. The van der Waals surface area contributed by atoms with E-state index in [9.17, 15) is 4.79 Å². The molecular weight excluding hydrogens is 340 g/mol. The number of halogens is 2. The molecule has 1 fully saturated rings. The largest absolute Gasteiger partial charge is 0.490 e. The molecule has 4 heteroatoms. The second-order valence-electron chi connectivity index (χ2n) is 4.83. The van der Waals surface area contributed by atoms with Gasteiger partial charge in [0, 0.05) is 20.6 Å². The molecule has 2 aromatic carbocycles. The fourth-order valence-corrected chi connectivity index (χ4v) is 2.77. The predicted molar refractivity (Wildman–Crippen MR) is 82.7 cm³/mol. The lowest BCUT2D eigenvalue weighted by molar-refractivity contribution is 0.103. The van der Waals surface area contributed by atoms with Crippen LogP contribution in [-0.2, 0) is 0 Å². The van der Waals surface area contributed by atoms with E-state index < -0.39 is 0 Å². The summed E-state index contributed by atoms with van der Waals surface area (Å²) in [5, 5.41) is 0.538. The number of hydrogen-bond donors (Lipinski definition) is 0. The lowest BCUT2D eigenvalue weighted by Gasteiger charge is -2.06. The van der Waals surface area contributed by atoms with Crippen LogP contribution in [0.2, 0.25) is 5.02 Å². The third-order valence-electron chi connectivity index (χ3n) is 3.07. The number of rotatable bonds is 4. The van der Waals surface area contributed by atoms with Crippen molar-refractivity contribution in [3.05, 3.63) is 63.1 Å². The van der Waals surface area contributed by atoms with E-state index in [2.05, 4.69) is 15.9 Å². The van der Waals surface area contributed by atoms with E-state index in [-0.39, 0.29) is 5.78 Å². The minimum absolute atomic E-state index is 0.0498. The Morgan fingerprint density at radius 2 is 1.80 bits per heavy atom. The van der Waals surface area contributed by atoms with Crippen molar-refractivity contribution >= 4 is 33.3 Å². The van der Waals surface area contributed by atoms with Gasteiger partial charge in [-0.1, -0.05) is 27.5 Å². The van der Waals surface area contributed by atoms with Crippen molar-refractivity contribution in [2.24, 2.45) is 0 Å². The molecule has 0 bridgehead atoms. The summed E-state index contributed by atoms with van der Waals surface area (Å²) in [6.07, 6.45) is 2.61. The first-order valence-electron chi connectivity index (χ1n) is 6.39. The molecule has 3 rings (SSSR count). The Morgan fingerprint density at radius 3 is 2.40 bits per heavy atom. The van der Waals surface area contributed by atoms with Crippen molar-refractivity contribution in [1.82, 2.24) is 0 Å². The average Bonchev–Trinajstić information content (AvgIpc) is 3.22. The highest BCUT2D eigenvalue weighted by atomic mass is 79.9. The molecule has 0 unspecified atom stereocenters. The zero-order valence-corrected chi connectivity index (χ0v) is 12.9. The van der Waals surface area contributed by atoms with Crippen molar-refractivity contribution in [3.63, 3.8) is 0 Å². The van der Waals surface area contributed by atoms with Crippen LogP contribution in [0.4, 0.5) is 0 Å². The molecule has 0 N–H and O–H groups in total. The summed E-state index contributed by atoms with van der Waals surface area (Å²) in [5.41, 5.74) is 1.20. The molecule has 0 aliphatic heterocycles. The number of hydrogen-bond acceptors (Lipinski definition) is 2. The van der Waals surface area contributed by atoms with E-state index in [1.54, 1.807) is 30.3 Å². The third kappa shape index (κ3) is 3.22. The fourth-order valence-electron chi connectivity index (χ4n) is 1.91. The Balaban J connectivity index is 1.81. The Hall–Kier alpha value is -1.32. The monoisotopic (exact) mass is 350 g/mol.